The van der Waals surface area contributed by atoms with Crippen LogP contribution >= 0.6 is 0 Å². The molecule has 19 heavy (non-hydrogen) atoms. The van der Waals surface area contributed by atoms with Crippen molar-refractivity contribution < 1.29 is 14.4 Å². The number of nitro groups is 1. The molecule has 2 rings (SSSR count). The Hall–Kier alpha value is -1.62. The van der Waals surface area contributed by atoms with Gasteiger partial charge in [-0.25, -0.2) is 0 Å². The Morgan fingerprint density at radius 2 is 2.16 bits per heavy atom. The van der Waals surface area contributed by atoms with Crippen LogP contribution in [0.25, 0.3) is 0 Å². The highest BCUT2D eigenvalue weighted by Crippen LogP contribution is 2.25. The molecule has 0 bridgehead atoms. The lowest BCUT2D eigenvalue weighted by Gasteiger charge is -2.21. The maximum absolute atomic E-state index is 10.8. The van der Waals surface area contributed by atoms with E-state index >= 15 is 0 Å². The first-order chi connectivity index (χ1) is 9.16. The highest BCUT2D eigenvalue weighted by Gasteiger charge is 2.15. The molecular formula is C14H19NO4. The second-order valence-corrected chi connectivity index (χ2v) is 4.90. The summed E-state index contributed by atoms with van der Waals surface area (Å²) in [6.07, 6.45) is 3.14. The van der Waals surface area contributed by atoms with Crippen molar-refractivity contribution >= 4 is 5.69 Å². The summed E-state index contributed by atoms with van der Waals surface area (Å²) in [7, 11) is 0. The van der Waals surface area contributed by atoms with E-state index in [1.807, 2.05) is 0 Å². The lowest BCUT2D eigenvalue weighted by Crippen LogP contribution is -2.17. The van der Waals surface area contributed by atoms with Crippen molar-refractivity contribution in [3.63, 3.8) is 0 Å². The first kappa shape index (κ1) is 13.8. The minimum atomic E-state index is -0.374. The molecule has 1 aromatic rings. The fraction of sp³-hybridized carbons (Fsp3) is 0.571. The molecule has 1 aliphatic heterocycles. The van der Waals surface area contributed by atoms with E-state index in [0.29, 0.717) is 23.8 Å². The highest BCUT2D eigenvalue weighted by molar-refractivity contribution is 5.45. The second kappa shape index (κ2) is 6.52. The minimum Gasteiger partial charge on any atom is -0.493 e. The van der Waals surface area contributed by atoms with E-state index in [1.54, 1.807) is 19.1 Å². The van der Waals surface area contributed by atoms with Gasteiger partial charge in [0.1, 0.15) is 5.75 Å². The Bertz CT molecular complexity index is 441. The van der Waals surface area contributed by atoms with Gasteiger partial charge in [-0.3, -0.25) is 10.1 Å². The van der Waals surface area contributed by atoms with Crippen LogP contribution in [-0.2, 0) is 4.74 Å². The Balaban J connectivity index is 1.85. The van der Waals surface area contributed by atoms with Gasteiger partial charge < -0.3 is 9.47 Å². The average molecular weight is 265 g/mol. The van der Waals surface area contributed by atoms with Crippen molar-refractivity contribution in [3.8, 4) is 5.75 Å². The molecular weight excluding hydrogens is 246 g/mol. The summed E-state index contributed by atoms with van der Waals surface area (Å²) in [5, 5.41) is 10.8. The first-order valence-electron chi connectivity index (χ1n) is 6.62. The van der Waals surface area contributed by atoms with Crippen LogP contribution < -0.4 is 4.74 Å². The van der Waals surface area contributed by atoms with Crippen LogP contribution in [0.3, 0.4) is 0 Å². The Morgan fingerprint density at radius 3 is 2.84 bits per heavy atom. The third kappa shape index (κ3) is 3.92. The van der Waals surface area contributed by atoms with Crippen molar-refractivity contribution in [1.29, 1.82) is 0 Å². The number of nitrogens with zero attached hydrogens (tertiary/aromatic N) is 1. The summed E-state index contributed by atoms with van der Waals surface area (Å²) >= 11 is 0. The summed E-state index contributed by atoms with van der Waals surface area (Å²) in [4.78, 5) is 10.5. The maximum atomic E-state index is 10.8. The molecule has 0 atom stereocenters. The lowest BCUT2D eigenvalue weighted by molar-refractivity contribution is -0.385. The van der Waals surface area contributed by atoms with E-state index in [1.165, 1.54) is 6.07 Å². The smallest absolute Gasteiger partial charge is 0.275 e. The monoisotopic (exact) mass is 265 g/mol. The molecule has 1 aliphatic rings. The predicted molar refractivity (Wildman–Crippen MR) is 71.5 cm³/mol. The van der Waals surface area contributed by atoms with E-state index in [-0.39, 0.29) is 10.6 Å². The number of benzene rings is 1. The third-order valence-electron chi connectivity index (χ3n) is 3.51. The molecule has 5 heteroatoms. The zero-order chi connectivity index (χ0) is 13.7. The Labute approximate surface area is 112 Å². The fourth-order valence-electron chi connectivity index (χ4n) is 2.25. The van der Waals surface area contributed by atoms with E-state index in [0.717, 1.165) is 32.5 Å². The molecule has 0 unspecified atom stereocenters. The topological polar surface area (TPSA) is 61.6 Å². The van der Waals surface area contributed by atoms with E-state index in [4.69, 9.17) is 9.47 Å². The Kier molecular flexibility index (Phi) is 4.74. The van der Waals surface area contributed by atoms with Crippen molar-refractivity contribution in [2.24, 2.45) is 5.92 Å². The molecule has 5 nitrogen and oxygen atoms in total. The molecule has 104 valence electrons. The maximum Gasteiger partial charge on any atom is 0.275 e. The van der Waals surface area contributed by atoms with Gasteiger partial charge >= 0.3 is 0 Å². The van der Waals surface area contributed by atoms with Gasteiger partial charge in [0.25, 0.3) is 5.69 Å². The number of nitro benzene ring substituents is 1. The number of ether oxygens (including phenoxy) is 2. The summed E-state index contributed by atoms with van der Waals surface area (Å²) in [5.41, 5.74) is 0.769. The Morgan fingerprint density at radius 1 is 1.42 bits per heavy atom. The van der Waals surface area contributed by atoms with E-state index < -0.39 is 0 Å². The summed E-state index contributed by atoms with van der Waals surface area (Å²) in [5.74, 6) is 1.22. The minimum absolute atomic E-state index is 0.114. The molecule has 0 spiro atoms. The van der Waals surface area contributed by atoms with Crippen LogP contribution in [0.4, 0.5) is 5.69 Å². The number of aryl methyl sites for hydroxylation is 1. The lowest BCUT2D eigenvalue weighted by atomic mass is 9.97. The molecule has 0 aliphatic carbocycles. The molecule has 0 aromatic heterocycles. The van der Waals surface area contributed by atoms with Crippen molar-refractivity contribution in [3.05, 3.63) is 33.9 Å². The molecule has 1 saturated heterocycles. The van der Waals surface area contributed by atoms with Crippen molar-refractivity contribution in [1.82, 2.24) is 0 Å². The second-order valence-electron chi connectivity index (χ2n) is 4.90. The van der Waals surface area contributed by atoms with Gasteiger partial charge in [0.15, 0.2) is 0 Å². The van der Waals surface area contributed by atoms with Crippen LogP contribution in [-0.4, -0.2) is 24.7 Å². The van der Waals surface area contributed by atoms with Crippen LogP contribution in [0, 0.1) is 23.0 Å². The fourth-order valence-corrected chi connectivity index (χ4v) is 2.25. The highest BCUT2D eigenvalue weighted by atomic mass is 16.6. The third-order valence-corrected chi connectivity index (χ3v) is 3.51. The largest absolute Gasteiger partial charge is 0.493 e. The van der Waals surface area contributed by atoms with Gasteiger partial charge in [0, 0.05) is 18.8 Å². The van der Waals surface area contributed by atoms with E-state index in [9.17, 15) is 10.1 Å². The van der Waals surface area contributed by atoms with Gasteiger partial charge in [-0.15, -0.1) is 0 Å². The van der Waals surface area contributed by atoms with Crippen LogP contribution in [0.15, 0.2) is 18.2 Å². The number of hydrogen-bond acceptors (Lipinski definition) is 4. The van der Waals surface area contributed by atoms with Crippen molar-refractivity contribution in [2.75, 3.05) is 19.8 Å². The molecule has 0 saturated carbocycles. The molecule has 0 N–H and O–H groups in total. The predicted octanol–water partition coefficient (Wildman–Crippen LogP) is 3.10. The number of rotatable bonds is 5. The summed E-state index contributed by atoms with van der Waals surface area (Å²) < 4.78 is 10.9. The summed E-state index contributed by atoms with van der Waals surface area (Å²) in [6.45, 7) is 4.00. The van der Waals surface area contributed by atoms with Gasteiger partial charge in [0.2, 0.25) is 0 Å². The van der Waals surface area contributed by atoms with Crippen LogP contribution in [0.2, 0.25) is 0 Å². The van der Waals surface area contributed by atoms with Gasteiger partial charge in [0.05, 0.1) is 17.6 Å². The quantitative estimate of drug-likeness (QED) is 0.606. The number of hydrogen-bond donors (Lipinski definition) is 0. The molecule has 0 radical (unpaired) electrons. The van der Waals surface area contributed by atoms with Gasteiger partial charge in [-0.05, 0) is 44.2 Å². The standard InChI is InChI=1S/C14H19NO4/c1-11-2-3-13(10-14(11)15(16)17)19-9-6-12-4-7-18-8-5-12/h2-3,10,12H,4-9H2,1H3. The van der Waals surface area contributed by atoms with Gasteiger partial charge in [-0.1, -0.05) is 0 Å². The van der Waals surface area contributed by atoms with E-state index in [2.05, 4.69) is 0 Å². The molecule has 0 amide bonds. The molecule has 1 aromatic carbocycles. The van der Waals surface area contributed by atoms with Crippen molar-refractivity contribution in [2.45, 2.75) is 26.2 Å². The SMILES string of the molecule is Cc1ccc(OCCC2CCOCC2)cc1[N+](=O)[O-]. The molecule has 1 fully saturated rings. The zero-order valence-electron chi connectivity index (χ0n) is 11.1. The average Bonchev–Trinajstić information content (AvgIpc) is 2.41. The van der Waals surface area contributed by atoms with Gasteiger partial charge in [-0.2, -0.15) is 0 Å². The van der Waals surface area contributed by atoms with Crippen LogP contribution in [0.5, 0.6) is 5.75 Å². The zero-order valence-corrected chi connectivity index (χ0v) is 11.1. The summed E-state index contributed by atoms with van der Waals surface area (Å²) in [6, 6.07) is 5.01. The normalized spacial score (nSPS) is 16.3. The first-order valence-corrected chi connectivity index (χ1v) is 6.62. The van der Waals surface area contributed by atoms with Crippen LogP contribution in [0.1, 0.15) is 24.8 Å². The molecule has 1 heterocycles.